The average molecular weight is 371 g/mol. The number of likely N-dealkylation sites (tertiary alicyclic amines) is 1. The summed E-state index contributed by atoms with van der Waals surface area (Å²) in [6.07, 6.45) is 3.21. The predicted molar refractivity (Wildman–Crippen MR) is 101 cm³/mol. The van der Waals surface area contributed by atoms with E-state index < -0.39 is 17.7 Å². The highest BCUT2D eigenvalue weighted by Gasteiger charge is 2.36. The first-order valence-electron chi connectivity index (χ1n) is 9.51. The smallest absolute Gasteiger partial charge is 0.410 e. The number of hydrogen-bond acceptors (Lipinski definition) is 5. The maximum atomic E-state index is 12.8. The van der Waals surface area contributed by atoms with Gasteiger partial charge in [0.2, 0.25) is 5.91 Å². The Kier molecular flexibility index (Phi) is 4.32. The van der Waals surface area contributed by atoms with Crippen LogP contribution in [0.25, 0.3) is 11.1 Å². The molecule has 1 N–H and O–H groups in total. The normalized spacial score (nSPS) is 20.1. The van der Waals surface area contributed by atoms with Crippen LogP contribution in [0.1, 0.15) is 58.3 Å². The number of hydrogen-bond donors (Lipinski definition) is 1. The van der Waals surface area contributed by atoms with Crippen molar-refractivity contribution in [2.24, 2.45) is 0 Å². The second-order valence-electron chi connectivity index (χ2n) is 8.33. The summed E-state index contributed by atoms with van der Waals surface area (Å²) in [5.74, 6) is 1.01. The van der Waals surface area contributed by atoms with Crippen molar-refractivity contribution in [3.05, 3.63) is 24.1 Å². The zero-order valence-electron chi connectivity index (χ0n) is 15.9. The van der Waals surface area contributed by atoms with Gasteiger partial charge in [0, 0.05) is 18.2 Å². The largest absolute Gasteiger partial charge is 0.444 e. The van der Waals surface area contributed by atoms with E-state index >= 15 is 0 Å². The van der Waals surface area contributed by atoms with E-state index in [1.54, 1.807) is 6.07 Å². The number of carbonyl (C=O) groups is 2. The lowest BCUT2D eigenvalue weighted by Gasteiger charge is -2.28. The fourth-order valence-electron chi connectivity index (χ4n) is 3.33. The Balaban J connectivity index is 1.46. The molecule has 2 aromatic rings. The third-order valence-corrected chi connectivity index (χ3v) is 4.78. The molecular formula is C20H25N3O4. The number of fused-ring (bicyclic) bond motifs is 1. The van der Waals surface area contributed by atoms with Gasteiger partial charge in [0.05, 0.1) is 0 Å². The number of nitrogens with one attached hydrogen (secondary N) is 1. The van der Waals surface area contributed by atoms with Gasteiger partial charge in [0.1, 0.15) is 17.2 Å². The van der Waals surface area contributed by atoms with Crippen molar-refractivity contribution >= 4 is 28.8 Å². The molecule has 1 aromatic carbocycles. The minimum Gasteiger partial charge on any atom is -0.444 e. The van der Waals surface area contributed by atoms with Crippen molar-refractivity contribution in [1.82, 2.24) is 9.88 Å². The molecule has 1 aromatic heterocycles. The molecular weight excluding hydrogens is 346 g/mol. The first kappa shape index (κ1) is 17.8. The number of nitrogens with zero attached hydrogens (tertiary/aromatic N) is 2. The molecule has 0 spiro atoms. The van der Waals surface area contributed by atoms with Crippen LogP contribution in [0.3, 0.4) is 0 Å². The quantitative estimate of drug-likeness (QED) is 0.880. The number of rotatable bonds is 3. The number of oxazole rings is 1. The Bertz CT molecular complexity index is 879. The van der Waals surface area contributed by atoms with Crippen molar-refractivity contribution in [2.75, 3.05) is 11.9 Å². The maximum Gasteiger partial charge on any atom is 0.410 e. The summed E-state index contributed by atoms with van der Waals surface area (Å²) >= 11 is 0. The van der Waals surface area contributed by atoms with Crippen molar-refractivity contribution < 1.29 is 18.7 Å². The molecule has 1 aliphatic heterocycles. The molecule has 144 valence electrons. The summed E-state index contributed by atoms with van der Waals surface area (Å²) in [6, 6.07) is 4.92. The highest BCUT2D eigenvalue weighted by molar-refractivity contribution is 5.98. The molecule has 1 atom stereocenters. The van der Waals surface area contributed by atoms with Crippen LogP contribution >= 0.6 is 0 Å². The maximum absolute atomic E-state index is 12.8. The molecule has 4 rings (SSSR count). The Morgan fingerprint density at radius 3 is 2.74 bits per heavy atom. The Morgan fingerprint density at radius 1 is 1.26 bits per heavy atom. The van der Waals surface area contributed by atoms with Gasteiger partial charge in [-0.05, 0) is 64.7 Å². The molecule has 7 heteroatoms. The van der Waals surface area contributed by atoms with Crippen LogP contribution in [0.4, 0.5) is 10.5 Å². The van der Waals surface area contributed by atoms with Gasteiger partial charge in [-0.3, -0.25) is 9.69 Å². The topological polar surface area (TPSA) is 84.7 Å². The van der Waals surface area contributed by atoms with E-state index in [2.05, 4.69) is 10.3 Å². The van der Waals surface area contributed by atoms with Crippen molar-refractivity contribution in [2.45, 2.75) is 64.0 Å². The zero-order valence-corrected chi connectivity index (χ0v) is 15.9. The second-order valence-corrected chi connectivity index (χ2v) is 8.33. The van der Waals surface area contributed by atoms with Crippen LogP contribution in [0.15, 0.2) is 22.6 Å². The molecule has 2 aliphatic rings. The van der Waals surface area contributed by atoms with Gasteiger partial charge < -0.3 is 14.5 Å². The summed E-state index contributed by atoms with van der Waals surface area (Å²) in [7, 11) is 0. The molecule has 1 saturated carbocycles. The van der Waals surface area contributed by atoms with E-state index in [4.69, 9.17) is 9.15 Å². The van der Waals surface area contributed by atoms with Crippen LogP contribution in [0, 0.1) is 0 Å². The van der Waals surface area contributed by atoms with Crippen LogP contribution in [-0.4, -0.2) is 40.1 Å². The molecule has 7 nitrogen and oxygen atoms in total. The van der Waals surface area contributed by atoms with Gasteiger partial charge >= 0.3 is 6.09 Å². The van der Waals surface area contributed by atoms with Crippen molar-refractivity contribution in [3.8, 4) is 0 Å². The zero-order chi connectivity index (χ0) is 19.2. The molecule has 27 heavy (non-hydrogen) atoms. The molecule has 1 aliphatic carbocycles. The Labute approximate surface area is 158 Å². The van der Waals surface area contributed by atoms with E-state index in [-0.39, 0.29) is 5.91 Å². The monoisotopic (exact) mass is 371 g/mol. The van der Waals surface area contributed by atoms with Crippen LogP contribution in [0.2, 0.25) is 0 Å². The second kappa shape index (κ2) is 6.55. The summed E-state index contributed by atoms with van der Waals surface area (Å²) in [5.41, 5.74) is 1.54. The molecule has 2 amide bonds. The molecule has 1 unspecified atom stereocenters. The lowest BCUT2D eigenvalue weighted by atomic mass is 10.2. The Morgan fingerprint density at radius 2 is 2.04 bits per heavy atom. The van der Waals surface area contributed by atoms with E-state index in [1.165, 1.54) is 4.90 Å². The Hall–Kier alpha value is -2.57. The van der Waals surface area contributed by atoms with Gasteiger partial charge in [-0.2, -0.15) is 0 Å². The van der Waals surface area contributed by atoms with Crippen LogP contribution in [-0.2, 0) is 9.53 Å². The lowest BCUT2D eigenvalue weighted by molar-refractivity contribution is -0.120. The van der Waals surface area contributed by atoms with E-state index in [0.717, 1.165) is 36.3 Å². The number of aromatic nitrogens is 1. The van der Waals surface area contributed by atoms with Crippen molar-refractivity contribution in [1.29, 1.82) is 0 Å². The number of anilines is 1. The van der Waals surface area contributed by atoms with Crippen LogP contribution < -0.4 is 5.32 Å². The SMILES string of the molecule is CC(C)(C)OC(=O)N1CCCC1C(=O)Nc1ccc2oc(C3CC3)nc2c1. The van der Waals surface area contributed by atoms with Crippen LogP contribution in [0.5, 0.6) is 0 Å². The molecule has 1 saturated heterocycles. The summed E-state index contributed by atoms with van der Waals surface area (Å²) in [6.45, 7) is 5.98. The van der Waals surface area contributed by atoms with Gasteiger partial charge in [0.15, 0.2) is 11.5 Å². The highest BCUT2D eigenvalue weighted by atomic mass is 16.6. The van der Waals surface area contributed by atoms with E-state index in [9.17, 15) is 9.59 Å². The minimum atomic E-state index is -0.585. The van der Waals surface area contributed by atoms with Crippen molar-refractivity contribution in [3.63, 3.8) is 0 Å². The fourth-order valence-corrected chi connectivity index (χ4v) is 3.33. The number of ether oxygens (including phenoxy) is 1. The van der Waals surface area contributed by atoms with Gasteiger partial charge in [-0.1, -0.05) is 0 Å². The fraction of sp³-hybridized carbons (Fsp3) is 0.550. The third-order valence-electron chi connectivity index (χ3n) is 4.78. The van der Waals surface area contributed by atoms with Gasteiger partial charge in [0.25, 0.3) is 0 Å². The summed E-state index contributed by atoms with van der Waals surface area (Å²) < 4.78 is 11.2. The minimum absolute atomic E-state index is 0.205. The first-order valence-corrected chi connectivity index (χ1v) is 9.51. The first-order chi connectivity index (χ1) is 12.8. The highest BCUT2D eigenvalue weighted by Crippen LogP contribution is 2.40. The lowest BCUT2D eigenvalue weighted by Crippen LogP contribution is -2.45. The number of carbonyl (C=O) groups excluding carboxylic acids is 2. The number of benzene rings is 1. The van der Waals surface area contributed by atoms with E-state index in [0.29, 0.717) is 24.6 Å². The molecule has 2 fully saturated rings. The van der Waals surface area contributed by atoms with Gasteiger partial charge in [-0.15, -0.1) is 0 Å². The third kappa shape index (κ3) is 3.91. The van der Waals surface area contributed by atoms with Gasteiger partial charge in [-0.25, -0.2) is 9.78 Å². The molecule has 2 heterocycles. The standard InChI is InChI=1S/C20H25N3O4/c1-20(2,3)27-19(25)23-10-4-5-15(23)17(24)21-13-8-9-16-14(11-13)22-18(26-16)12-6-7-12/h8-9,11-12,15H,4-7,10H2,1-3H3,(H,21,24). The summed E-state index contributed by atoms with van der Waals surface area (Å²) in [5, 5.41) is 2.91. The average Bonchev–Trinajstić information content (AvgIpc) is 3.16. The predicted octanol–water partition coefficient (Wildman–Crippen LogP) is 4.04. The molecule has 0 bridgehead atoms. The summed E-state index contributed by atoms with van der Waals surface area (Å²) in [4.78, 5) is 31.2. The van der Waals surface area contributed by atoms with E-state index in [1.807, 2.05) is 32.9 Å². The number of amides is 2. The molecule has 0 radical (unpaired) electrons.